The second-order valence-corrected chi connectivity index (χ2v) is 10.3. The molecule has 0 amide bonds. The minimum absolute atomic E-state index is 0.675. The summed E-state index contributed by atoms with van der Waals surface area (Å²) in [6.45, 7) is 0. The van der Waals surface area contributed by atoms with Gasteiger partial charge >= 0.3 is 0 Å². The Bertz CT molecular complexity index is 2430. The van der Waals surface area contributed by atoms with Crippen LogP contribution in [0.3, 0.4) is 0 Å². The molecule has 0 aliphatic heterocycles. The Morgan fingerprint density at radius 1 is 0.450 bits per heavy atom. The average molecular weight is 511 g/mol. The van der Waals surface area contributed by atoms with E-state index in [1.165, 1.54) is 32.3 Å². The van der Waals surface area contributed by atoms with Gasteiger partial charge in [0, 0.05) is 21.8 Å². The number of rotatable bonds is 2. The lowest BCUT2D eigenvalue weighted by Crippen LogP contribution is -2.01. The molecule has 9 aromatic rings. The van der Waals surface area contributed by atoms with Gasteiger partial charge in [-0.1, -0.05) is 91.0 Å². The van der Waals surface area contributed by atoms with Crippen molar-refractivity contribution >= 4 is 65.3 Å². The van der Waals surface area contributed by atoms with Crippen molar-refractivity contribution in [3.05, 3.63) is 134 Å². The van der Waals surface area contributed by atoms with Crippen LogP contribution in [0.4, 0.5) is 0 Å². The summed E-state index contributed by atoms with van der Waals surface area (Å²) in [6.07, 6.45) is 1.99. The van der Waals surface area contributed by atoms with Gasteiger partial charge < -0.3 is 4.57 Å². The standard InChI is InChI=1S/C36H22N4/c1-2-13-26(14-3-1)39-31-19-18-23-10-6-7-15-27(23)34(31)35-33(39)22-37-36(38-35)40-30-17-9-8-16-28(30)29-20-24-11-4-5-12-25(24)21-32(29)40/h1-22H. The third kappa shape index (κ3) is 2.90. The van der Waals surface area contributed by atoms with Crippen LogP contribution in [0.2, 0.25) is 0 Å². The van der Waals surface area contributed by atoms with E-state index >= 15 is 0 Å². The number of aromatic nitrogens is 4. The van der Waals surface area contributed by atoms with Crippen LogP contribution in [0, 0.1) is 0 Å². The number of hydrogen-bond acceptors (Lipinski definition) is 2. The zero-order valence-electron chi connectivity index (χ0n) is 21.5. The first-order valence-electron chi connectivity index (χ1n) is 13.5. The average Bonchev–Trinajstić information content (AvgIpc) is 3.52. The normalized spacial score (nSPS) is 12.0. The summed E-state index contributed by atoms with van der Waals surface area (Å²) in [4.78, 5) is 10.4. The molecule has 3 aromatic heterocycles. The van der Waals surface area contributed by atoms with Crippen LogP contribution in [0.15, 0.2) is 134 Å². The molecule has 9 rings (SSSR count). The van der Waals surface area contributed by atoms with Crippen molar-refractivity contribution in [3.8, 4) is 11.6 Å². The van der Waals surface area contributed by atoms with E-state index in [0.29, 0.717) is 5.95 Å². The molecule has 0 aliphatic carbocycles. The van der Waals surface area contributed by atoms with Crippen molar-refractivity contribution < 1.29 is 0 Å². The molecule has 0 unspecified atom stereocenters. The van der Waals surface area contributed by atoms with Gasteiger partial charge in [-0.3, -0.25) is 4.57 Å². The van der Waals surface area contributed by atoms with Gasteiger partial charge in [0.15, 0.2) is 0 Å². The number of para-hydroxylation sites is 2. The molecule has 0 radical (unpaired) electrons. The molecule has 0 saturated carbocycles. The Kier molecular flexibility index (Phi) is 4.30. The van der Waals surface area contributed by atoms with Gasteiger partial charge in [0.25, 0.3) is 0 Å². The molecule has 0 aliphatic rings. The largest absolute Gasteiger partial charge is 0.306 e. The second-order valence-electron chi connectivity index (χ2n) is 10.3. The van der Waals surface area contributed by atoms with Gasteiger partial charge in [-0.05, 0) is 57.9 Å². The quantitative estimate of drug-likeness (QED) is 0.233. The smallest absolute Gasteiger partial charge is 0.235 e. The van der Waals surface area contributed by atoms with Crippen LogP contribution in [0.5, 0.6) is 0 Å². The highest BCUT2D eigenvalue weighted by molar-refractivity contribution is 6.20. The Balaban J connectivity index is 1.44. The Labute approximate surface area is 229 Å². The van der Waals surface area contributed by atoms with Gasteiger partial charge in [0.05, 0.1) is 28.3 Å². The molecule has 186 valence electrons. The maximum absolute atomic E-state index is 5.35. The first kappa shape index (κ1) is 21.5. The molecule has 4 nitrogen and oxygen atoms in total. The topological polar surface area (TPSA) is 35.6 Å². The van der Waals surface area contributed by atoms with Crippen molar-refractivity contribution in [3.63, 3.8) is 0 Å². The molecule has 0 fully saturated rings. The second kappa shape index (κ2) is 8.01. The predicted molar refractivity (Wildman–Crippen MR) is 166 cm³/mol. The number of fused-ring (bicyclic) bond motifs is 9. The molecule has 3 heterocycles. The molecule has 0 bridgehead atoms. The zero-order valence-corrected chi connectivity index (χ0v) is 21.5. The Morgan fingerprint density at radius 3 is 2.00 bits per heavy atom. The third-order valence-electron chi connectivity index (χ3n) is 8.14. The zero-order chi connectivity index (χ0) is 26.2. The van der Waals surface area contributed by atoms with Crippen molar-refractivity contribution in [1.82, 2.24) is 19.1 Å². The van der Waals surface area contributed by atoms with E-state index in [1.54, 1.807) is 0 Å². The summed E-state index contributed by atoms with van der Waals surface area (Å²) in [5.74, 6) is 0.675. The summed E-state index contributed by atoms with van der Waals surface area (Å²) in [5.41, 5.74) is 6.37. The van der Waals surface area contributed by atoms with Crippen LogP contribution < -0.4 is 0 Å². The van der Waals surface area contributed by atoms with Crippen molar-refractivity contribution in [2.24, 2.45) is 0 Å². The summed E-state index contributed by atoms with van der Waals surface area (Å²) < 4.78 is 4.49. The van der Waals surface area contributed by atoms with Gasteiger partial charge in [-0.15, -0.1) is 0 Å². The van der Waals surface area contributed by atoms with E-state index < -0.39 is 0 Å². The highest BCUT2D eigenvalue weighted by atomic mass is 15.2. The fourth-order valence-corrected chi connectivity index (χ4v) is 6.37. The molecule has 0 saturated heterocycles. The van der Waals surface area contributed by atoms with Gasteiger partial charge in [0.1, 0.15) is 5.52 Å². The van der Waals surface area contributed by atoms with Gasteiger partial charge in [0.2, 0.25) is 5.95 Å². The minimum Gasteiger partial charge on any atom is -0.306 e. The monoisotopic (exact) mass is 510 g/mol. The first-order valence-corrected chi connectivity index (χ1v) is 13.5. The molecule has 6 aromatic carbocycles. The van der Waals surface area contributed by atoms with E-state index in [-0.39, 0.29) is 0 Å². The summed E-state index contributed by atoms with van der Waals surface area (Å²) in [7, 11) is 0. The molecule has 40 heavy (non-hydrogen) atoms. The van der Waals surface area contributed by atoms with E-state index in [0.717, 1.165) is 38.7 Å². The Hall–Kier alpha value is -5.48. The van der Waals surface area contributed by atoms with Crippen LogP contribution in [-0.4, -0.2) is 19.1 Å². The number of benzene rings is 6. The number of hydrogen-bond donors (Lipinski definition) is 0. The SMILES string of the molecule is c1ccc(-n2c3cnc(-n4c5ccccc5c5cc6ccccc6cc54)nc3c3c4ccccc4ccc32)cc1. The van der Waals surface area contributed by atoms with E-state index in [4.69, 9.17) is 9.97 Å². The molecule has 4 heteroatoms. The highest BCUT2D eigenvalue weighted by Gasteiger charge is 2.20. The van der Waals surface area contributed by atoms with Gasteiger partial charge in [-0.25, -0.2) is 9.97 Å². The summed E-state index contributed by atoms with van der Waals surface area (Å²) in [5, 5.41) is 8.37. The predicted octanol–water partition coefficient (Wildman–Crippen LogP) is 8.98. The van der Waals surface area contributed by atoms with Crippen LogP contribution in [0.25, 0.3) is 76.9 Å². The van der Waals surface area contributed by atoms with Crippen molar-refractivity contribution in [2.75, 3.05) is 0 Å². The van der Waals surface area contributed by atoms with Crippen LogP contribution in [0.1, 0.15) is 0 Å². The van der Waals surface area contributed by atoms with Crippen molar-refractivity contribution in [2.45, 2.75) is 0 Å². The lowest BCUT2D eigenvalue weighted by Gasteiger charge is -2.09. The summed E-state index contributed by atoms with van der Waals surface area (Å²) >= 11 is 0. The van der Waals surface area contributed by atoms with E-state index in [9.17, 15) is 0 Å². The first-order chi connectivity index (χ1) is 19.8. The molecule has 0 spiro atoms. The lowest BCUT2D eigenvalue weighted by molar-refractivity contribution is 1.01. The third-order valence-corrected chi connectivity index (χ3v) is 8.14. The maximum Gasteiger partial charge on any atom is 0.235 e. The Morgan fingerprint density at radius 2 is 1.15 bits per heavy atom. The maximum atomic E-state index is 5.35. The van der Waals surface area contributed by atoms with E-state index in [1.807, 2.05) is 12.3 Å². The van der Waals surface area contributed by atoms with Crippen LogP contribution >= 0.6 is 0 Å². The molecule has 0 N–H and O–H groups in total. The molecule has 0 atom stereocenters. The van der Waals surface area contributed by atoms with Crippen molar-refractivity contribution in [1.29, 1.82) is 0 Å². The molecular weight excluding hydrogens is 488 g/mol. The minimum atomic E-state index is 0.675. The fourth-order valence-electron chi connectivity index (χ4n) is 6.37. The number of nitrogens with zero attached hydrogens (tertiary/aromatic N) is 4. The van der Waals surface area contributed by atoms with Crippen LogP contribution in [-0.2, 0) is 0 Å². The molecular formula is C36H22N4. The van der Waals surface area contributed by atoms with E-state index in [2.05, 4.69) is 130 Å². The lowest BCUT2D eigenvalue weighted by atomic mass is 10.1. The highest BCUT2D eigenvalue weighted by Crippen LogP contribution is 2.38. The van der Waals surface area contributed by atoms with Gasteiger partial charge in [-0.2, -0.15) is 0 Å². The summed E-state index contributed by atoms with van der Waals surface area (Å²) in [6, 6.07) is 45.1. The fraction of sp³-hybridized carbons (Fsp3) is 0.